The molecule has 0 bridgehead atoms. The fourth-order valence-electron chi connectivity index (χ4n) is 2.11. The predicted octanol–water partition coefficient (Wildman–Crippen LogP) is 3.61. The molecule has 0 atom stereocenters. The summed E-state index contributed by atoms with van der Waals surface area (Å²) in [4.78, 5) is 23.3. The van der Waals surface area contributed by atoms with Gasteiger partial charge in [0, 0.05) is 18.7 Å². The summed E-state index contributed by atoms with van der Waals surface area (Å²) in [7, 11) is 1.52. The second kappa shape index (κ2) is 7.97. The third kappa shape index (κ3) is 4.98. The van der Waals surface area contributed by atoms with Crippen molar-refractivity contribution in [3.05, 3.63) is 59.7 Å². The van der Waals surface area contributed by atoms with Gasteiger partial charge in [0.15, 0.2) is 0 Å². The highest BCUT2D eigenvalue weighted by molar-refractivity contribution is 6.03. The number of anilines is 2. The molecule has 0 heterocycles. The van der Waals surface area contributed by atoms with Crippen LogP contribution < -0.4 is 15.4 Å². The zero-order valence-corrected chi connectivity index (χ0v) is 13.9. The highest BCUT2D eigenvalue weighted by atomic mass is 16.5. The zero-order valence-electron chi connectivity index (χ0n) is 13.9. The van der Waals surface area contributed by atoms with Crippen LogP contribution in [0, 0.1) is 6.92 Å². The van der Waals surface area contributed by atoms with Gasteiger partial charge in [-0.15, -0.1) is 0 Å². The molecule has 0 saturated heterocycles. The number of benzene rings is 2. The summed E-state index contributed by atoms with van der Waals surface area (Å²) in [5, 5.41) is 5.42. The first-order valence-electron chi connectivity index (χ1n) is 7.49. The second-order valence-corrected chi connectivity index (χ2v) is 5.33. The number of ether oxygens (including phenoxy) is 1. The van der Waals surface area contributed by atoms with Crippen molar-refractivity contribution in [2.45, 2.75) is 13.8 Å². The Bertz CT molecular complexity index is 765. The summed E-state index contributed by atoms with van der Waals surface area (Å²) in [6.45, 7) is 3.43. The van der Waals surface area contributed by atoms with E-state index in [-0.39, 0.29) is 11.8 Å². The van der Waals surface area contributed by atoms with Gasteiger partial charge in [-0.2, -0.15) is 0 Å². The Hall–Kier alpha value is -3.08. The number of aryl methyl sites for hydroxylation is 1. The molecule has 24 heavy (non-hydrogen) atoms. The molecule has 0 aliphatic carbocycles. The fourth-order valence-corrected chi connectivity index (χ4v) is 2.11. The maximum Gasteiger partial charge on any atom is 0.248 e. The van der Waals surface area contributed by atoms with Crippen molar-refractivity contribution in [3.8, 4) is 5.75 Å². The van der Waals surface area contributed by atoms with Gasteiger partial charge in [0.2, 0.25) is 11.8 Å². The SMILES string of the molecule is COc1ccc(NC(C)=O)cc1NC(=O)/C=C/c1ccc(C)cc1. The molecule has 0 aliphatic heterocycles. The molecule has 0 spiro atoms. The molecule has 5 heteroatoms. The van der Waals surface area contributed by atoms with Crippen molar-refractivity contribution in [2.24, 2.45) is 0 Å². The van der Waals surface area contributed by atoms with Gasteiger partial charge in [-0.25, -0.2) is 0 Å². The standard InChI is InChI=1S/C19H20N2O3/c1-13-4-6-15(7-5-13)8-11-19(23)21-17-12-16(20-14(2)22)9-10-18(17)24-3/h4-12H,1-3H3,(H,20,22)(H,21,23)/b11-8+. The lowest BCUT2D eigenvalue weighted by molar-refractivity contribution is -0.114. The third-order valence-electron chi connectivity index (χ3n) is 3.28. The Balaban J connectivity index is 2.12. The first-order chi connectivity index (χ1) is 11.5. The van der Waals surface area contributed by atoms with Crippen LogP contribution in [0.4, 0.5) is 11.4 Å². The topological polar surface area (TPSA) is 67.4 Å². The Morgan fingerprint density at radius 1 is 1.04 bits per heavy atom. The summed E-state index contributed by atoms with van der Waals surface area (Å²) in [5.41, 5.74) is 3.18. The van der Waals surface area contributed by atoms with E-state index in [1.54, 1.807) is 24.3 Å². The summed E-state index contributed by atoms with van der Waals surface area (Å²) in [6.07, 6.45) is 3.19. The van der Waals surface area contributed by atoms with E-state index in [0.717, 1.165) is 11.1 Å². The molecule has 0 unspecified atom stereocenters. The van der Waals surface area contributed by atoms with Gasteiger partial charge in [0.25, 0.3) is 0 Å². The summed E-state index contributed by atoms with van der Waals surface area (Å²) in [6, 6.07) is 12.9. The van der Waals surface area contributed by atoms with Crippen molar-refractivity contribution in [1.82, 2.24) is 0 Å². The van der Waals surface area contributed by atoms with Crippen LogP contribution in [0.15, 0.2) is 48.5 Å². The van der Waals surface area contributed by atoms with Crippen molar-refractivity contribution in [2.75, 3.05) is 17.7 Å². The lowest BCUT2D eigenvalue weighted by Crippen LogP contribution is -2.10. The summed E-state index contributed by atoms with van der Waals surface area (Å²) >= 11 is 0. The number of hydrogen-bond donors (Lipinski definition) is 2. The van der Waals surface area contributed by atoms with E-state index in [9.17, 15) is 9.59 Å². The average Bonchev–Trinajstić information content (AvgIpc) is 2.54. The highest BCUT2D eigenvalue weighted by Gasteiger charge is 2.07. The predicted molar refractivity (Wildman–Crippen MR) is 96.1 cm³/mol. The largest absolute Gasteiger partial charge is 0.495 e. The number of nitrogens with one attached hydrogen (secondary N) is 2. The molecular weight excluding hydrogens is 304 g/mol. The number of carbonyl (C=O) groups excluding carboxylic acids is 2. The molecule has 0 fully saturated rings. The van der Waals surface area contributed by atoms with E-state index in [1.807, 2.05) is 31.2 Å². The minimum absolute atomic E-state index is 0.184. The Morgan fingerprint density at radius 3 is 2.38 bits per heavy atom. The first kappa shape index (κ1) is 17.3. The van der Waals surface area contributed by atoms with E-state index >= 15 is 0 Å². The maximum atomic E-state index is 12.1. The number of carbonyl (C=O) groups is 2. The number of amides is 2. The lowest BCUT2D eigenvalue weighted by atomic mass is 10.1. The monoisotopic (exact) mass is 324 g/mol. The van der Waals surface area contributed by atoms with Crippen LogP contribution >= 0.6 is 0 Å². The van der Waals surface area contributed by atoms with Crippen LogP contribution in [0.2, 0.25) is 0 Å². The minimum atomic E-state index is -0.283. The van der Waals surface area contributed by atoms with E-state index < -0.39 is 0 Å². The van der Waals surface area contributed by atoms with Crippen molar-refractivity contribution < 1.29 is 14.3 Å². The average molecular weight is 324 g/mol. The number of methoxy groups -OCH3 is 1. The molecule has 124 valence electrons. The van der Waals surface area contributed by atoms with E-state index in [4.69, 9.17) is 4.74 Å². The molecule has 2 rings (SSSR count). The van der Waals surface area contributed by atoms with Gasteiger partial charge in [-0.3, -0.25) is 9.59 Å². The van der Waals surface area contributed by atoms with E-state index in [1.165, 1.54) is 20.1 Å². The summed E-state index contributed by atoms with van der Waals surface area (Å²) < 4.78 is 5.23. The van der Waals surface area contributed by atoms with Crippen molar-refractivity contribution in [3.63, 3.8) is 0 Å². The number of rotatable bonds is 5. The highest BCUT2D eigenvalue weighted by Crippen LogP contribution is 2.27. The molecule has 0 aliphatic rings. The Labute approximate surface area is 141 Å². The summed E-state index contributed by atoms with van der Waals surface area (Å²) in [5.74, 6) is 0.0479. The van der Waals surface area contributed by atoms with Crippen molar-refractivity contribution >= 4 is 29.3 Å². The van der Waals surface area contributed by atoms with Gasteiger partial charge in [-0.05, 0) is 36.8 Å². The molecule has 0 saturated carbocycles. The van der Waals surface area contributed by atoms with Gasteiger partial charge in [-0.1, -0.05) is 29.8 Å². The number of hydrogen-bond acceptors (Lipinski definition) is 3. The zero-order chi connectivity index (χ0) is 17.5. The normalized spacial score (nSPS) is 10.5. The molecule has 2 N–H and O–H groups in total. The third-order valence-corrected chi connectivity index (χ3v) is 3.28. The van der Waals surface area contributed by atoms with Gasteiger partial charge in [0.1, 0.15) is 5.75 Å². The van der Waals surface area contributed by atoms with Gasteiger partial charge >= 0.3 is 0 Å². The van der Waals surface area contributed by atoms with Gasteiger partial charge < -0.3 is 15.4 Å². The van der Waals surface area contributed by atoms with Crippen molar-refractivity contribution in [1.29, 1.82) is 0 Å². The Morgan fingerprint density at radius 2 is 1.75 bits per heavy atom. The lowest BCUT2D eigenvalue weighted by Gasteiger charge is -2.11. The molecule has 2 aromatic rings. The molecule has 5 nitrogen and oxygen atoms in total. The van der Waals surface area contributed by atoms with Crippen LogP contribution in [-0.2, 0) is 9.59 Å². The van der Waals surface area contributed by atoms with Gasteiger partial charge in [0.05, 0.1) is 12.8 Å². The molecule has 0 radical (unpaired) electrons. The minimum Gasteiger partial charge on any atom is -0.495 e. The van der Waals surface area contributed by atoms with Crippen LogP contribution in [0.25, 0.3) is 6.08 Å². The fraction of sp³-hybridized carbons (Fsp3) is 0.158. The van der Waals surface area contributed by atoms with Crippen LogP contribution in [0.5, 0.6) is 5.75 Å². The van der Waals surface area contributed by atoms with Crippen LogP contribution in [0.3, 0.4) is 0 Å². The molecule has 0 aromatic heterocycles. The molecular formula is C19H20N2O3. The van der Waals surface area contributed by atoms with E-state index in [0.29, 0.717) is 17.1 Å². The molecule has 2 amide bonds. The maximum absolute atomic E-state index is 12.1. The molecule has 2 aromatic carbocycles. The smallest absolute Gasteiger partial charge is 0.248 e. The van der Waals surface area contributed by atoms with Crippen LogP contribution in [-0.4, -0.2) is 18.9 Å². The Kier molecular flexibility index (Phi) is 5.73. The second-order valence-electron chi connectivity index (χ2n) is 5.33. The van der Waals surface area contributed by atoms with E-state index in [2.05, 4.69) is 10.6 Å². The first-order valence-corrected chi connectivity index (χ1v) is 7.49. The van der Waals surface area contributed by atoms with Crippen LogP contribution in [0.1, 0.15) is 18.1 Å². The quantitative estimate of drug-likeness (QED) is 0.826.